The van der Waals surface area contributed by atoms with Crippen LogP contribution in [-0.2, 0) is 12.8 Å². The molecule has 0 saturated carbocycles. The van der Waals surface area contributed by atoms with Gasteiger partial charge in [0.1, 0.15) is 17.3 Å². The Hall–Kier alpha value is -2.75. The van der Waals surface area contributed by atoms with Crippen molar-refractivity contribution in [3.05, 3.63) is 59.7 Å². The fourth-order valence-electron chi connectivity index (χ4n) is 3.62. The Balaban J connectivity index is 1.88. The second kappa shape index (κ2) is 7.24. The van der Waals surface area contributed by atoms with Crippen LogP contribution in [0.25, 0.3) is 16.9 Å². The van der Waals surface area contributed by atoms with Gasteiger partial charge in [-0.1, -0.05) is 31.2 Å². The van der Waals surface area contributed by atoms with Gasteiger partial charge in [-0.2, -0.15) is 5.10 Å². The number of benzene rings is 2. The van der Waals surface area contributed by atoms with Crippen LogP contribution in [0.3, 0.4) is 0 Å². The van der Waals surface area contributed by atoms with Crippen LogP contribution >= 0.6 is 0 Å². The van der Waals surface area contributed by atoms with E-state index in [1.54, 1.807) is 7.11 Å². The molecule has 0 unspecified atom stereocenters. The van der Waals surface area contributed by atoms with Crippen molar-refractivity contribution in [2.45, 2.75) is 32.6 Å². The smallest absolute Gasteiger partial charge is 0.133 e. The van der Waals surface area contributed by atoms with Crippen molar-refractivity contribution >= 4 is 5.82 Å². The summed E-state index contributed by atoms with van der Waals surface area (Å²) in [5, 5.41) is 8.62. The van der Waals surface area contributed by atoms with Gasteiger partial charge in [0.25, 0.3) is 0 Å². The zero-order chi connectivity index (χ0) is 17.9. The number of hydrogen-bond acceptors (Lipinski definition) is 3. The summed E-state index contributed by atoms with van der Waals surface area (Å²) in [4.78, 5) is 0. The summed E-state index contributed by atoms with van der Waals surface area (Å²) in [7, 11) is 1.72. The van der Waals surface area contributed by atoms with E-state index < -0.39 is 0 Å². The zero-order valence-electron chi connectivity index (χ0n) is 15.5. The molecule has 0 spiro atoms. The fraction of sp³-hybridized carbons (Fsp3) is 0.318. The first-order valence-electron chi connectivity index (χ1n) is 9.40. The van der Waals surface area contributed by atoms with Crippen molar-refractivity contribution in [3.63, 3.8) is 0 Å². The Morgan fingerprint density at radius 1 is 1.08 bits per heavy atom. The van der Waals surface area contributed by atoms with Crippen LogP contribution in [0.1, 0.15) is 30.9 Å². The van der Waals surface area contributed by atoms with Crippen molar-refractivity contribution in [1.29, 1.82) is 0 Å². The van der Waals surface area contributed by atoms with E-state index in [0.717, 1.165) is 47.9 Å². The number of ether oxygens (including phenoxy) is 1. The first-order chi connectivity index (χ1) is 12.8. The summed E-state index contributed by atoms with van der Waals surface area (Å²) < 4.78 is 7.66. The Kier molecular flexibility index (Phi) is 4.65. The van der Waals surface area contributed by atoms with Crippen LogP contribution in [0.4, 0.5) is 5.82 Å². The Bertz CT molecular complexity index is 896. The molecular weight excluding hydrogens is 322 g/mol. The van der Waals surface area contributed by atoms with E-state index in [-0.39, 0.29) is 0 Å². The molecule has 4 heteroatoms. The van der Waals surface area contributed by atoms with E-state index in [1.165, 1.54) is 24.0 Å². The van der Waals surface area contributed by atoms with Crippen LogP contribution in [0.5, 0.6) is 5.75 Å². The van der Waals surface area contributed by atoms with Crippen molar-refractivity contribution in [1.82, 2.24) is 9.78 Å². The average molecular weight is 347 g/mol. The lowest BCUT2D eigenvalue weighted by Gasteiger charge is -2.09. The van der Waals surface area contributed by atoms with E-state index in [1.807, 2.05) is 18.2 Å². The normalized spacial score (nSPS) is 13.6. The Morgan fingerprint density at radius 3 is 2.65 bits per heavy atom. The Labute approximate surface area is 154 Å². The van der Waals surface area contributed by atoms with Crippen LogP contribution in [0.2, 0.25) is 0 Å². The van der Waals surface area contributed by atoms with Gasteiger partial charge < -0.3 is 10.1 Å². The van der Waals surface area contributed by atoms with E-state index in [0.29, 0.717) is 0 Å². The molecule has 0 bridgehead atoms. The number of nitrogens with one attached hydrogen (secondary N) is 1. The summed E-state index contributed by atoms with van der Waals surface area (Å²) in [5.41, 5.74) is 5.79. The average Bonchev–Trinajstić information content (AvgIpc) is 2.88. The summed E-state index contributed by atoms with van der Waals surface area (Å²) in [5.74, 6) is 1.98. The van der Waals surface area contributed by atoms with Crippen molar-refractivity contribution < 1.29 is 4.74 Å². The summed E-state index contributed by atoms with van der Waals surface area (Å²) in [6.07, 6.45) is 4.42. The maximum absolute atomic E-state index is 5.60. The topological polar surface area (TPSA) is 39.1 Å². The van der Waals surface area contributed by atoms with Gasteiger partial charge in [0.05, 0.1) is 12.8 Å². The first kappa shape index (κ1) is 16.7. The SMILES string of the molecule is CCc1ccc(-n2nc(-c3ccccc3OC)c3c2NCCCC3)cc1. The molecule has 2 heterocycles. The lowest BCUT2D eigenvalue weighted by atomic mass is 10.0. The van der Waals surface area contributed by atoms with Gasteiger partial charge in [-0.3, -0.25) is 0 Å². The van der Waals surface area contributed by atoms with E-state index in [9.17, 15) is 0 Å². The van der Waals surface area contributed by atoms with Crippen LogP contribution < -0.4 is 10.1 Å². The maximum atomic E-state index is 5.60. The van der Waals surface area contributed by atoms with Crippen LogP contribution in [-0.4, -0.2) is 23.4 Å². The molecule has 4 rings (SSSR count). The fourth-order valence-corrected chi connectivity index (χ4v) is 3.62. The van der Waals surface area contributed by atoms with Gasteiger partial charge in [-0.25, -0.2) is 4.68 Å². The summed E-state index contributed by atoms with van der Waals surface area (Å²) in [6, 6.07) is 16.8. The third kappa shape index (κ3) is 2.96. The lowest BCUT2D eigenvalue weighted by Crippen LogP contribution is -2.07. The summed E-state index contributed by atoms with van der Waals surface area (Å²) >= 11 is 0. The molecule has 1 aliphatic rings. The van der Waals surface area contributed by atoms with E-state index >= 15 is 0 Å². The monoisotopic (exact) mass is 347 g/mol. The molecule has 0 saturated heterocycles. The molecule has 0 fully saturated rings. The quantitative estimate of drug-likeness (QED) is 0.733. The number of nitrogens with zero attached hydrogens (tertiary/aromatic N) is 2. The van der Waals surface area contributed by atoms with Crippen molar-refractivity contribution in [2.24, 2.45) is 0 Å². The third-order valence-electron chi connectivity index (χ3n) is 5.08. The predicted molar refractivity (Wildman–Crippen MR) is 106 cm³/mol. The van der Waals surface area contributed by atoms with Crippen LogP contribution in [0.15, 0.2) is 48.5 Å². The number of fused-ring (bicyclic) bond motifs is 1. The number of aromatic nitrogens is 2. The number of rotatable bonds is 4. The maximum Gasteiger partial charge on any atom is 0.133 e. The molecule has 0 aliphatic carbocycles. The number of para-hydroxylation sites is 1. The van der Waals surface area contributed by atoms with E-state index in [4.69, 9.17) is 9.84 Å². The molecule has 26 heavy (non-hydrogen) atoms. The lowest BCUT2D eigenvalue weighted by molar-refractivity contribution is 0.416. The largest absolute Gasteiger partial charge is 0.496 e. The van der Waals surface area contributed by atoms with Gasteiger partial charge in [0.2, 0.25) is 0 Å². The predicted octanol–water partition coefficient (Wildman–Crippen LogP) is 4.86. The molecule has 0 radical (unpaired) electrons. The number of anilines is 1. The van der Waals surface area contributed by atoms with Gasteiger partial charge >= 0.3 is 0 Å². The van der Waals surface area contributed by atoms with E-state index in [2.05, 4.69) is 47.3 Å². The molecule has 0 amide bonds. The molecule has 134 valence electrons. The molecule has 3 aromatic rings. The third-order valence-corrected chi connectivity index (χ3v) is 5.08. The second-order valence-corrected chi connectivity index (χ2v) is 6.69. The molecule has 1 N–H and O–H groups in total. The zero-order valence-corrected chi connectivity index (χ0v) is 15.5. The highest BCUT2D eigenvalue weighted by Crippen LogP contribution is 2.37. The highest BCUT2D eigenvalue weighted by atomic mass is 16.5. The molecule has 1 aliphatic heterocycles. The summed E-state index contributed by atoms with van der Waals surface area (Å²) in [6.45, 7) is 3.16. The van der Waals surface area contributed by atoms with Gasteiger partial charge in [-0.15, -0.1) is 0 Å². The second-order valence-electron chi connectivity index (χ2n) is 6.69. The minimum absolute atomic E-state index is 0.866. The van der Waals surface area contributed by atoms with Gasteiger partial charge in [0.15, 0.2) is 0 Å². The number of methoxy groups -OCH3 is 1. The standard InChI is InChI=1S/C22H25N3O/c1-3-16-11-13-17(14-12-16)25-22-19(9-6-7-15-23-22)21(24-25)18-8-4-5-10-20(18)26-2/h4-5,8,10-14,23H,3,6-7,9,15H2,1-2H3. The first-order valence-corrected chi connectivity index (χ1v) is 9.40. The molecule has 2 aromatic carbocycles. The van der Waals surface area contributed by atoms with Gasteiger partial charge in [0, 0.05) is 17.7 Å². The number of hydrogen-bond donors (Lipinski definition) is 1. The molecule has 0 atom stereocenters. The van der Waals surface area contributed by atoms with Crippen LogP contribution in [0, 0.1) is 0 Å². The minimum atomic E-state index is 0.866. The van der Waals surface area contributed by atoms with Crippen molar-refractivity contribution in [3.8, 4) is 22.7 Å². The number of aryl methyl sites for hydroxylation is 1. The Morgan fingerprint density at radius 2 is 1.88 bits per heavy atom. The highest BCUT2D eigenvalue weighted by molar-refractivity contribution is 5.75. The molecular formula is C22H25N3O. The van der Waals surface area contributed by atoms with Gasteiger partial charge in [-0.05, 0) is 55.5 Å². The molecule has 4 nitrogen and oxygen atoms in total. The molecule has 1 aromatic heterocycles. The van der Waals surface area contributed by atoms with Crippen molar-refractivity contribution in [2.75, 3.05) is 19.0 Å². The minimum Gasteiger partial charge on any atom is -0.496 e. The highest BCUT2D eigenvalue weighted by Gasteiger charge is 2.23.